The average Bonchev–Trinajstić information content (AvgIpc) is 2.66. The smallest absolute Gasteiger partial charge is 0.434 e. The van der Waals surface area contributed by atoms with E-state index in [0.29, 0.717) is 5.56 Å². The highest BCUT2D eigenvalue weighted by Crippen LogP contribution is 2.57. The number of ether oxygens (including phenoxy) is 2. The molecule has 3 rings (SSSR count). The molecule has 3 unspecified atom stereocenters. The van der Waals surface area contributed by atoms with Crippen molar-refractivity contribution in [3.8, 4) is 0 Å². The Morgan fingerprint density at radius 2 is 1.87 bits per heavy atom. The Bertz CT molecular complexity index is 871. The molecule has 30 heavy (non-hydrogen) atoms. The molecule has 1 fully saturated rings. The van der Waals surface area contributed by atoms with Gasteiger partial charge in [-0.25, -0.2) is 9.59 Å². The predicted molar refractivity (Wildman–Crippen MR) is 115 cm³/mol. The van der Waals surface area contributed by atoms with Crippen LogP contribution in [0.1, 0.15) is 100 Å². The van der Waals surface area contributed by atoms with Gasteiger partial charge in [-0.1, -0.05) is 40.2 Å². The van der Waals surface area contributed by atoms with Gasteiger partial charge < -0.3 is 9.47 Å². The molecule has 0 aliphatic heterocycles. The van der Waals surface area contributed by atoms with Crippen LogP contribution < -0.4 is 0 Å². The number of hydrogen-bond donors (Lipinski definition) is 0. The second-order valence-electron chi connectivity index (χ2n) is 9.66. The van der Waals surface area contributed by atoms with Crippen molar-refractivity contribution in [1.82, 2.24) is 0 Å². The van der Waals surface area contributed by atoms with Gasteiger partial charge in [-0.05, 0) is 79.5 Å². The number of hydrogen-bond acceptors (Lipinski definition) is 5. The maximum Gasteiger partial charge on any atom is 0.516 e. The van der Waals surface area contributed by atoms with Crippen molar-refractivity contribution in [2.24, 2.45) is 11.3 Å². The normalized spacial score (nSPS) is 27.8. The third kappa shape index (κ3) is 3.67. The van der Waals surface area contributed by atoms with Crippen LogP contribution in [0.15, 0.2) is 12.1 Å². The lowest BCUT2D eigenvalue weighted by molar-refractivity contribution is -0.134. The summed E-state index contributed by atoms with van der Waals surface area (Å²) >= 11 is 0. The van der Waals surface area contributed by atoms with E-state index in [9.17, 15) is 14.4 Å². The fraction of sp³-hybridized carbons (Fsp3) is 0.640. The van der Waals surface area contributed by atoms with Gasteiger partial charge in [0.05, 0.1) is 12.2 Å². The van der Waals surface area contributed by atoms with E-state index in [1.807, 2.05) is 19.9 Å². The second-order valence-corrected chi connectivity index (χ2v) is 9.66. The zero-order valence-electron chi connectivity index (χ0n) is 19.1. The van der Waals surface area contributed by atoms with Gasteiger partial charge in [-0.2, -0.15) is 0 Å². The predicted octanol–water partition coefficient (Wildman–Crippen LogP) is 5.72. The number of Topliss-reactive ketones (excluding diaryl/α,β-unsaturated/α-hetero) is 1. The molecule has 0 spiro atoms. The fourth-order valence-corrected chi connectivity index (χ4v) is 5.89. The lowest BCUT2D eigenvalue weighted by Gasteiger charge is -2.54. The number of rotatable bonds is 4. The van der Waals surface area contributed by atoms with Crippen molar-refractivity contribution in [1.29, 1.82) is 0 Å². The van der Waals surface area contributed by atoms with Crippen molar-refractivity contribution in [2.75, 3.05) is 6.61 Å². The van der Waals surface area contributed by atoms with Gasteiger partial charge in [0, 0.05) is 5.41 Å². The van der Waals surface area contributed by atoms with Crippen LogP contribution in [0.25, 0.3) is 0 Å². The molecule has 1 aromatic rings. The molecule has 1 saturated carbocycles. The average molecular weight is 415 g/mol. The summed E-state index contributed by atoms with van der Waals surface area (Å²) in [5.74, 6) is -0.0691. The maximum absolute atomic E-state index is 12.9. The number of carbonyl (C=O) groups is 3. The van der Waals surface area contributed by atoms with E-state index < -0.39 is 12.1 Å². The first-order valence-electron chi connectivity index (χ1n) is 11.1. The van der Waals surface area contributed by atoms with Crippen LogP contribution in [0.4, 0.5) is 4.79 Å². The first-order valence-corrected chi connectivity index (χ1v) is 11.1. The van der Waals surface area contributed by atoms with Gasteiger partial charge in [0.2, 0.25) is 0 Å². The minimum absolute atomic E-state index is 0.111. The molecular weight excluding hydrogens is 380 g/mol. The summed E-state index contributed by atoms with van der Waals surface area (Å²) < 4.78 is 9.74. The molecule has 1 aromatic carbocycles. The second kappa shape index (κ2) is 8.16. The number of ketones is 1. The number of fused-ring (bicyclic) bond motifs is 3. The fourth-order valence-electron chi connectivity index (χ4n) is 5.89. The summed E-state index contributed by atoms with van der Waals surface area (Å²) in [6.45, 7) is 11.9. The lowest BCUT2D eigenvalue weighted by atomic mass is 9.49. The van der Waals surface area contributed by atoms with E-state index in [1.165, 1.54) is 5.56 Å². The number of esters is 1. The van der Waals surface area contributed by atoms with E-state index in [2.05, 4.69) is 19.9 Å². The van der Waals surface area contributed by atoms with E-state index in [1.54, 1.807) is 13.8 Å². The molecule has 164 valence electrons. The first kappa shape index (κ1) is 22.5. The highest BCUT2D eigenvalue weighted by molar-refractivity contribution is 5.97. The highest BCUT2D eigenvalue weighted by atomic mass is 16.7. The Hall–Kier alpha value is -2.17. The zero-order valence-corrected chi connectivity index (χ0v) is 19.1. The van der Waals surface area contributed by atoms with E-state index in [0.717, 1.165) is 43.2 Å². The summed E-state index contributed by atoms with van der Waals surface area (Å²) in [6.07, 6.45) is 3.79. The van der Waals surface area contributed by atoms with Crippen LogP contribution >= 0.6 is 0 Å². The third-order valence-corrected chi connectivity index (χ3v) is 7.61. The number of aryl methyl sites for hydroxylation is 1. The van der Waals surface area contributed by atoms with Gasteiger partial charge in [0.15, 0.2) is 0 Å². The van der Waals surface area contributed by atoms with Gasteiger partial charge >= 0.3 is 12.1 Å². The van der Waals surface area contributed by atoms with Gasteiger partial charge in [-0.15, -0.1) is 0 Å². The Kier molecular flexibility index (Phi) is 6.13. The van der Waals surface area contributed by atoms with Crippen LogP contribution in [-0.4, -0.2) is 24.5 Å². The summed E-state index contributed by atoms with van der Waals surface area (Å²) in [7, 11) is 0. The molecule has 2 aliphatic rings. The number of benzene rings is 1. The topological polar surface area (TPSA) is 69.7 Å². The van der Waals surface area contributed by atoms with Crippen LogP contribution in [0.5, 0.6) is 0 Å². The van der Waals surface area contributed by atoms with Crippen LogP contribution in [-0.2, 0) is 26.1 Å². The molecule has 5 heteroatoms. The molecule has 0 bridgehead atoms. The molecule has 0 N–H and O–H groups in total. The van der Waals surface area contributed by atoms with Gasteiger partial charge in [0.25, 0.3) is 0 Å². The van der Waals surface area contributed by atoms with Crippen LogP contribution in [0, 0.1) is 11.3 Å². The molecule has 0 aromatic heterocycles. The maximum atomic E-state index is 12.9. The molecule has 0 radical (unpaired) electrons. The van der Waals surface area contributed by atoms with Crippen molar-refractivity contribution >= 4 is 17.9 Å². The van der Waals surface area contributed by atoms with E-state index in [-0.39, 0.29) is 35.1 Å². The summed E-state index contributed by atoms with van der Waals surface area (Å²) in [5.41, 5.74) is 3.17. The standard InChI is InChI=1S/C25H34O5/c1-7-29-23(28)30-22(27)19-14-20-17(13-18(19)15(2)3)9-10-21-24(5,16(4)26)11-8-12-25(20,21)6/h13-15,21H,7-12H2,1-6H3. The largest absolute Gasteiger partial charge is 0.516 e. The molecular formula is C25H34O5. The Morgan fingerprint density at radius 3 is 2.47 bits per heavy atom. The van der Waals surface area contributed by atoms with E-state index in [4.69, 9.17) is 9.47 Å². The SMILES string of the molecule is CCOC(=O)OC(=O)c1cc2c(cc1C(C)C)CCC1C(C)(C(C)=O)CCCC21C. The zero-order chi connectivity index (χ0) is 22.3. The molecule has 2 aliphatic carbocycles. The summed E-state index contributed by atoms with van der Waals surface area (Å²) in [4.78, 5) is 37.2. The minimum atomic E-state index is -0.971. The molecule has 3 atom stereocenters. The molecule has 0 heterocycles. The van der Waals surface area contributed by atoms with Gasteiger partial charge in [-0.3, -0.25) is 4.79 Å². The summed E-state index contributed by atoms with van der Waals surface area (Å²) in [5, 5.41) is 0. The molecule has 5 nitrogen and oxygen atoms in total. The van der Waals surface area contributed by atoms with Crippen LogP contribution in [0.2, 0.25) is 0 Å². The van der Waals surface area contributed by atoms with Crippen molar-refractivity contribution in [3.63, 3.8) is 0 Å². The Morgan fingerprint density at radius 1 is 1.17 bits per heavy atom. The van der Waals surface area contributed by atoms with Crippen molar-refractivity contribution in [2.45, 2.75) is 85.0 Å². The van der Waals surface area contributed by atoms with E-state index >= 15 is 0 Å². The molecule has 0 amide bonds. The van der Waals surface area contributed by atoms with Crippen LogP contribution in [0.3, 0.4) is 0 Å². The van der Waals surface area contributed by atoms with Crippen molar-refractivity contribution in [3.05, 3.63) is 34.4 Å². The minimum Gasteiger partial charge on any atom is -0.434 e. The Labute approximate surface area is 179 Å². The molecule has 0 saturated heterocycles. The van der Waals surface area contributed by atoms with Gasteiger partial charge in [0.1, 0.15) is 5.78 Å². The monoisotopic (exact) mass is 414 g/mol. The third-order valence-electron chi connectivity index (χ3n) is 7.61. The quantitative estimate of drug-likeness (QED) is 0.465. The highest BCUT2D eigenvalue weighted by Gasteiger charge is 2.53. The Balaban J connectivity index is 2.10. The van der Waals surface area contributed by atoms with Crippen molar-refractivity contribution < 1.29 is 23.9 Å². The number of carbonyl (C=O) groups excluding carboxylic acids is 3. The summed E-state index contributed by atoms with van der Waals surface area (Å²) in [6, 6.07) is 4.05. The first-order chi connectivity index (χ1) is 14.0. The lowest BCUT2D eigenvalue weighted by Crippen LogP contribution is -2.51.